The van der Waals surface area contributed by atoms with Gasteiger partial charge in [0.15, 0.2) is 0 Å². The van der Waals surface area contributed by atoms with E-state index < -0.39 is 10.0 Å². The Bertz CT molecular complexity index is 1390. The van der Waals surface area contributed by atoms with Crippen LogP contribution in [0, 0.1) is 0 Å². The molecule has 5 nitrogen and oxygen atoms in total. The molecule has 0 aliphatic carbocycles. The normalized spacial score (nSPS) is 11.4. The van der Waals surface area contributed by atoms with Crippen LogP contribution in [0.15, 0.2) is 119 Å². The molecule has 0 saturated carbocycles. The Morgan fingerprint density at radius 3 is 1.76 bits per heavy atom. The number of hydrogen-bond acceptors (Lipinski definition) is 3. The lowest BCUT2D eigenvalue weighted by atomic mass is 10.1. The molecule has 0 aliphatic rings. The smallest absolute Gasteiger partial charge is 0.243 e. The second-order valence-corrected chi connectivity index (χ2v) is 11.8. The van der Waals surface area contributed by atoms with Gasteiger partial charge in [0.25, 0.3) is 0 Å². The van der Waals surface area contributed by atoms with Crippen LogP contribution in [-0.2, 0) is 34.5 Å². The van der Waals surface area contributed by atoms with Crippen molar-refractivity contribution in [2.45, 2.75) is 24.5 Å². The maximum absolute atomic E-state index is 13.7. The Kier molecular flexibility index (Phi) is 9.16. The lowest BCUT2D eigenvalue weighted by Crippen LogP contribution is -2.42. The molecule has 8 heteroatoms. The zero-order chi connectivity index (χ0) is 26.3. The van der Waals surface area contributed by atoms with Crippen LogP contribution in [0.2, 0.25) is 5.02 Å². The third-order valence-electron chi connectivity index (χ3n) is 5.85. The number of benzene rings is 4. The van der Waals surface area contributed by atoms with Gasteiger partial charge >= 0.3 is 0 Å². The van der Waals surface area contributed by atoms with Gasteiger partial charge in [-0.05, 0) is 47.0 Å². The largest absolute Gasteiger partial charge is 0.333 e. The van der Waals surface area contributed by atoms with E-state index in [9.17, 15) is 13.2 Å². The second-order valence-electron chi connectivity index (χ2n) is 8.54. The van der Waals surface area contributed by atoms with Gasteiger partial charge < -0.3 is 4.90 Å². The fraction of sp³-hybridized carbons (Fsp3) is 0.138. The summed E-state index contributed by atoms with van der Waals surface area (Å²) in [6, 6.07) is 32.7. The molecule has 37 heavy (non-hydrogen) atoms. The molecule has 4 aromatic carbocycles. The number of carbonyl (C=O) groups is 1. The van der Waals surface area contributed by atoms with E-state index in [1.807, 2.05) is 60.7 Å². The summed E-state index contributed by atoms with van der Waals surface area (Å²) in [5, 5.41) is 0.441. The van der Waals surface area contributed by atoms with E-state index >= 15 is 0 Å². The molecule has 0 fully saturated rings. The van der Waals surface area contributed by atoms with Crippen molar-refractivity contribution in [3.63, 3.8) is 0 Å². The van der Waals surface area contributed by atoms with Gasteiger partial charge in [0, 0.05) is 29.1 Å². The van der Waals surface area contributed by atoms with E-state index in [2.05, 4.69) is 15.9 Å². The molecule has 190 valence electrons. The monoisotopic (exact) mass is 596 g/mol. The van der Waals surface area contributed by atoms with Crippen LogP contribution in [0.25, 0.3) is 0 Å². The van der Waals surface area contributed by atoms with Gasteiger partial charge in [0.05, 0.1) is 11.4 Å². The highest BCUT2D eigenvalue weighted by atomic mass is 79.9. The Hall–Kier alpha value is -2.97. The van der Waals surface area contributed by atoms with E-state index in [0.29, 0.717) is 23.7 Å². The zero-order valence-electron chi connectivity index (χ0n) is 20.0. The van der Waals surface area contributed by atoms with E-state index in [0.717, 1.165) is 15.6 Å². The zero-order valence-corrected chi connectivity index (χ0v) is 23.2. The minimum Gasteiger partial charge on any atom is -0.333 e. The van der Waals surface area contributed by atoms with Crippen LogP contribution < -0.4 is 0 Å². The maximum atomic E-state index is 13.7. The fourth-order valence-electron chi connectivity index (χ4n) is 3.89. The van der Waals surface area contributed by atoms with E-state index in [-0.39, 0.29) is 23.9 Å². The molecule has 0 atom stereocenters. The molecule has 0 spiro atoms. The first-order valence-electron chi connectivity index (χ1n) is 11.7. The minimum absolute atomic E-state index is 0.0334. The van der Waals surface area contributed by atoms with Crippen molar-refractivity contribution < 1.29 is 13.2 Å². The molecule has 1 amide bonds. The van der Waals surface area contributed by atoms with E-state index in [4.69, 9.17) is 11.6 Å². The topological polar surface area (TPSA) is 57.7 Å². The fourth-order valence-corrected chi connectivity index (χ4v) is 5.72. The molecule has 0 radical (unpaired) electrons. The molecule has 4 rings (SSSR count). The molecule has 0 bridgehead atoms. The number of sulfonamides is 1. The molecular weight excluding hydrogens is 572 g/mol. The van der Waals surface area contributed by atoms with Crippen molar-refractivity contribution in [3.8, 4) is 0 Å². The summed E-state index contributed by atoms with van der Waals surface area (Å²) in [6.07, 6.45) is 0. The summed E-state index contributed by atoms with van der Waals surface area (Å²) in [5.41, 5.74) is 2.54. The van der Waals surface area contributed by atoms with Crippen LogP contribution in [0.3, 0.4) is 0 Å². The third-order valence-corrected chi connectivity index (χ3v) is 8.56. The number of carbonyl (C=O) groups excluding carboxylic acids is 1. The van der Waals surface area contributed by atoms with Crippen molar-refractivity contribution >= 4 is 43.5 Å². The molecule has 0 aliphatic heterocycles. The molecular formula is C29H26BrClN2O3S. The van der Waals surface area contributed by atoms with Crippen LogP contribution in [0.1, 0.15) is 16.7 Å². The van der Waals surface area contributed by atoms with E-state index in [1.54, 1.807) is 41.3 Å². The maximum Gasteiger partial charge on any atom is 0.243 e. The molecule has 0 unspecified atom stereocenters. The molecule has 4 aromatic rings. The first kappa shape index (κ1) is 27.1. The summed E-state index contributed by atoms with van der Waals surface area (Å²) < 4.78 is 29.4. The number of nitrogens with zero attached hydrogens (tertiary/aromatic N) is 2. The molecule has 0 N–H and O–H groups in total. The van der Waals surface area contributed by atoms with Crippen molar-refractivity contribution in [2.75, 3.05) is 6.54 Å². The van der Waals surface area contributed by atoms with Crippen molar-refractivity contribution in [3.05, 3.63) is 135 Å². The second kappa shape index (κ2) is 12.5. The van der Waals surface area contributed by atoms with Crippen LogP contribution >= 0.6 is 27.5 Å². The van der Waals surface area contributed by atoms with Gasteiger partial charge in [-0.25, -0.2) is 8.42 Å². The summed E-state index contributed by atoms with van der Waals surface area (Å²) in [7, 11) is -4.00. The predicted molar refractivity (Wildman–Crippen MR) is 150 cm³/mol. The SMILES string of the molecule is O=C(CN(Cc1ccccc1Cl)S(=O)(=O)c1ccc(Br)cc1)N(Cc1ccccc1)Cc1ccccc1. The Balaban J connectivity index is 1.66. The predicted octanol–water partition coefficient (Wildman–Crippen LogP) is 6.52. The van der Waals surface area contributed by atoms with E-state index in [1.165, 1.54) is 16.4 Å². The summed E-state index contributed by atoms with van der Waals surface area (Å²) in [6.45, 7) is 0.345. The van der Waals surface area contributed by atoms with Crippen LogP contribution in [0.4, 0.5) is 0 Å². The van der Waals surface area contributed by atoms with Crippen molar-refractivity contribution in [2.24, 2.45) is 0 Å². The van der Waals surface area contributed by atoms with Crippen molar-refractivity contribution in [1.29, 1.82) is 0 Å². The third kappa shape index (κ3) is 7.29. The Morgan fingerprint density at radius 2 is 1.22 bits per heavy atom. The summed E-state index contributed by atoms with van der Waals surface area (Å²) in [4.78, 5) is 15.5. The van der Waals surface area contributed by atoms with Gasteiger partial charge in [-0.15, -0.1) is 0 Å². The highest BCUT2D eigenvalue weighted by Gasteiger charge is 2.29. The van der Waals surface area contributed by atoms with Gasteiger partial charge in [-0.1, -0.05) is 106 Å². The van der Waals surface area contributed by atoms with Gasteiger partial charge in [-0.2, -0.15) is 4.31 Å². The number of amides is 1. The van der Waals surface area contributed by atoms with Crippen molar-refractivity contribution in [1.82, 2.24) is 9.21 Å². The number of halogens is 2. The van der Waals surface area contributed by atoms with Crippen LogP contribution in [-0.4, -0.2) is 30.1 Å². The molecule has 0 aromatic heterocycles. The average Bonchev–Trinajstić information content (AvgIpc) is 2.90. The highest BCUT2D eigenvalue weighted by molar-refractivity contribution is 9.10. The van der Waals surface area contributed by atoms with Gasteiger partial charge in [-0.3, -0.25) is 4.79 Å². The molecule has 0 heterocycles. The number of hydrogen-bond donors (Lipinski definition) is 0. The van der Waals surface area contributed by atoms with Crippen LogP contribution in [0.5, 0.6) is 0 Å². The van der Waals surface area contributed by atoms with Gasteiger partial charge in [0.1, 0.15) is 0 Å². The minimum atomic E-state index is -4.00. The van der Waals surface area contributed by atoms with Gasteiger partial charge in [0.2, 0.25) is 15.9 Å². The summed E-state index contributed by atoms with van der Waals surface area (Å²) in [5.74, 6) is -0.305. The standard InChI is InChI=1S/C29H26BrClN2O3S/c30-26-15-17-27(18-16-26)37(35,36)33(21-25-13-7-8-14-28(25)31)22-29(34)32(19-23-9-3-1-4-10-23)20-24-11-5-2-6-12-24/h1-18H,19-22H2. The first-order chi connectivity index (χ1) is 17.8. The Labute approximate surface area is 231 Å². The quantitative estimate of drug-likeness (QED) is 0.209. The first-order valence-corrected chi connectivity index (χ1v) is 14.3. The lowest BCUT2D eigenvalue weighted by molar-refractivity contribution is -0.132. The average molecular weight is 598 g/mol. The molecule has 0 saturated heterocycles. The lowest BCUT2D eigenvalue weighted by Gasteiger charge is -2.28. The Morgan fingerprint density at radius 1 is 0.703 bits per heavy atom. The number of rotatable bonds is 10. The summed E-state index contributed by atoms with van der Waals surface area (Å²) >= 11 is 9.72. The highest BCUT2D eigenvalue weighted by Crippen LogP contribution is 2.24.